The lowest BCUT2D eigenvalue weighted by Crippen LogP contribution is -2.44. The van der Waals surface area contributed by atoms with Gasteiger partial charge in [0.1, 0.15) is 23.1 Å². The molecule has 0 saturated heterocycles. The Morgan fingerprint density at radius 1 is 1.07 bits per heavy atom. The summed E-state index contributed by atoms with van der Waals surface area (Å²) < 4.78 is 16.0. The van der Waals surface area contributed by atoms with E-state index >= 15 is 0 Å². The van der Waals surface area contributed by atoms with E-state index in [-0.39, 0.29) is 10.5 Å². The maximum absolute atomic E-state index is 12.3. The van der Waals surface area contributed by atoms with Crippen molar-refractivity contribution < 1.29 is 28.9 Å². The average molecular weight is 432 g/mol. The molecule has 0 saturated carbocycles. The van der Waals surface area contributed by atoms with Gasteiger partial charge in [-0.25, -0.2) is 9.59 Å². The molecule has 1 atom stereocenters. The van der Waals surface area contributed by atoms with Gasteiger partial charge in [-0.1, -0.05) is 42.4 Å². The van der Waals surface area contributed by atoms with Crippen LogP contribution in [0.5, 0.6) is 11.5 Å². The molecule has 158 valence electrons. The lowest BCUT2D eigenvalue weighted by atomic mass is 9.97. The van der Waals surface area contributed by atoms with E-state index < -0.39 is 23.7 Å². The molecule has 0 fully saturated rings. The SMILES string of the molecule is COc1cc(OC)cc(C(C)(C)OC(=O)NC(CSSC(C)(C)C)C(=O)O)c1. The number of rotatable bonds is 9. The number of alkyl carbamates (subject to hydrolysis) is 1. The fraction of sp³-hybridized carbons (Fsp3) is 0.579. The molecule has 0 aliphatic rings. The summed E-state index contributed by atoms with van der Waals surface area (Å²) in [6, 6.07) is 4.13. The first kappa shape index (κ1) is 24.3. The van der Waals surface area contributed by atoms with Gasteiger partial charge < -0.3 is 24.6 Å². The standard InChI is InChI=1S/C19H29NO6S2/c1-18(2,3)28-27-11-15(16(21)22)20-17(23)26-19(4,5)12-8-13(24-6)10-14(9-12)25-7/h8-10,15H,11H2,1-7H3,(H,20,23)(H,21,22). The molecular formula is C19H29NO6S2. The Kier molecular flexibility index (Phi) is 8.81. The summed E-state index contributed by atoms with van der Waals surface area (Å²) >= 11 is 0. The van der Waals surface area contributed by atoms with E-state index in [9.17, 15) is 14.7 Å². The number of carboxylic acid groups (broad SMARTS) is 1. The Morgan fingerprint density at radius 2 is 1.61 bits per heavy atom. The Bertz CT molecular complexity index is 665. The molecule has 1 aromatic rings. The fourth-order valence-electron chi connectivity index (χ4n) is 2.07. The number of hydrogen-bond acceptors (Lipinski definition) is 7. The Balaban J connectivity index is 2.81. The molecule has 9 heteroatoms. The van der Waals surface area contributed by atoms with E-state index in [0.717, 1.165) is 0 Å². The predicted molar refractivity (Wildman–Crippen MR) is 113 cm³/mol. The van der Waals surface area contributed by atoms with Gasteiger partial charge in [-0.3, -0.25) is 0 Å². The number of ether oxygens (including phenoxy) is 3. The number of amides is 1. The van der Waals surface area contributed by atoms with Crippen molar-refractivity contribution in [3.8, 4) is 11.5 Å². The molecule has 0 spiro atoms. The van der Waals surface area contributed by atoms with Crippen LogP contribution in [0.3, 0.4) is 0 Å². The maximum atomic E-state index is 12.3. The van der Waals surface area contributed by atoms with E-state index in [0.29, 0.717) is 17.1 Å². The van der Waals surface area contributed by atoms with Gasteiger partial charge in [0, 0.05) is 22.1 Å². The first-order valence-electron chi connectivity index (χ1n) is 8.64. The highest BCUT2D eigenvalue weighted by molar-refractivity contribution is 8.77. The third-order valence-electron chi connectivity index (χ3n) is 3.53. The second kappa shape index (κ2) is 10.2. The molecule has 1 rings (SSSR count). The van der Waals surface area contributed by atoms with Crippen LogP contribution < -0.4 is 14.8 Å². The number of carboxylic acids is 1. The van der Waals surface area contributed by atoms with E-state index in [1.165, 1.54) is 25.0 Å². The number of hydrogen-bond donors (Lipinski definition) is 2. The monoisotopic (exact) mass is 431 g/mol. The van der Waals surface area contributed by atoms with E-state index in [1.807, 2.05) is 20.8 Å². The molecule has 0 bridgehead atoms. The number of carbonyl (C=O) groups excluding carboxylic acids is 1. The Hall–Kier alpha value is -1.74. The predicted octanol–water partition coefficient (Wildman–Crippen LogP) is 4.30. The first-order chi connectivity index (χ1) is 12.9. The maximum Gasteiger partial charge on any atom is 0.408 e. The van der Waals surface area contributed by atoms with Crippen molar-refractivity contribution in [2.24, 2.45) is 0 Å². The van der Waals surface area contributed by atoms with E-state index in [2.05, 4.69) is 5.32 Å². The molecular weight excluding hydrogens is 402 g/mol. The van der Waals surface area contributed by atoms with Crippen LogP contribution in [0, 0.1) is 0 Å². The number of carbonyl (C=O) groups is 2. The first-order valence-corrected chi connectivity index (χ1v) is 11.0. The van der Waals surface area contributed by atoms with Crippen molar-refractivity contribution in [1.29, 1.82) is 0 Å². The molecule has 0 heterocycles. The summed E-state index contributed by atoms with van der Waals surface area (Å²) in [5.74, 6) is 0.232. The highest BCUT2D eigenvalue weighted by Crippen LogP contribution is 2.35. The molecule has 28 heavy (non-hydrogen) atoms. The van der Waals surface area contributed by atoms with Gasteiger partial charge in [-0.2, -0.15) is 0 Å². The van der Waals surface area contributed by atoms with Crippen LogP contribution >= 0.6 is 21.6 Å². The minimum absolute atomic E-state index is 0.0123. The zero-order chi connectivity index (χ0) is 21.5. The lowest BCUT2D eigenvalue weighted by molar-refractivity contribution is -0.138. The van der Waals surface area contributed by atoms with Crippen molar-refractivity contribution in [2.75, 3.05) is 20.0 Å². The third kappa shape index (κ3) is 8.10. The van der Waals surface area contributed by atoms with Gasteiger partial charge in [-0.15, -0.1) is 0 Å². The zero-order valence-electron chi connectivity index (χ0n) is 17.3. The molecule has 7 nitrogen and oxygen atoms in total. The largest absolute Gasteiger partial charge is 0.497 e. The van der Waals surface area contributed by atoms with Crippen LogP contribution in [0.2, 0.25) is 0 Å². The number of benzene rings is 1. The summed E-state index contributed by atoms with van der Waals surface area (Å²) in [5.41, 5.74) is -0.370. The minimum atomic E-state index is -1.11. The molecule has 2 N–H and O–H groups in total. The van der Waals surface area contributed by atoms with Crippen LogP contribution in [0.25, 0.3) is 0 Å². The van der Waals surface area contributed by atoms with Gasteiger partial charge >= 0.3 is 12.1 Å². The van der Waals surface area contributed by atoms with Gasteiger partial charge in [0.25, 0.3) is 0 Å². The van der Waals surface area contributed by atoms with Gasteiger partial charge in [-0.05, 0) is 26.0 Å². The van der Waals surface area contributed by atoms with Crippen molar-refractivity contribution in [2.45, 2.75) is 51.0 Å². The third-order valence-corrected chi connectivity index (χ3v) is 6.88. The topological polar surface area (TPSA) is 94.1 Å². The quantitative estimate of drug-likeness (QED) is 0.559. The van der Waals surface area contributed by atoms with Gasteiger partial charge in [0.2, 0.25) is 0 Å². The molecule has 1 aromatic carbocycles. The lowest BCUT2D eigenvalue weighted by Gasteiger charge is -2.27. The average Bonchev–Trinajstić information content (AvgIpc) is 2.58. The molecule has 0 aliphatic heterocycles. The van der Waals surface area contributed by atoms with E-state index in [1.54, 1.807) is 42.8 Å². The van der Waals surface area contributed by atoms with Crippen molar-refractivity contribution >= 4 is 33.7 Å². The smallest absolute Gasteiger partial charge is 0.408 e. The minimum Gasteiger partial charge on any atom is -0.497 e. The van der Waals surface area contributed by atoms with Crippen LogP contribution in [0.4, 0.5) is 4.79 Å². The zero-order valence-corrected chi connectivity index (χ0v) is 19.0. The van der Waals surface area contributed by atoms with Gasteiger partial charge in [0.15, 0.2) is 0 Å². The Morgan fingerprint density at radius 3 is 2.04 bits per heavy atom. The number of methoxy groups -OCH3 is 2. The van der Waals surface area contributed by atoms with Crippen LogP contribution in [-0.2, 0) is 15.1 Å². The van der Waals surface area contributed by atoms with Crippen LogP contribution in [-0.4, -0.2) is 47.9 Å². The summed E-state index contributed by atoms with van der Waals surface area (Å²) in [4.78, 5) is 23.8. The molecule has 0 aliphatic carbocycles. The van der Waals surface area contributed by atoms with Crippen LogP contribution in [0.15, 0.2) is 18.2 Å². The molecule has 1 amide bonds. The van der Waals surface area contributed by atoms with Crippen LogP contribution in [0.1, 0.15) is 40.2 Å². The van der Waals surface area contributed by atoms with Crippen molar-refractivity contribution in [3.05, 3.63) is 23.8 Å². The highest BCUT2D eigenvalue weighted by atomic mass is 33.1. The fourth-order valence-corrected chi connectivity index (χ4v) is 4.53. The molecule has 0 aromatic heterocycles. The number of nitrogens with one attached hydrogen (secondary N) is 1. The summed E-state index contributed by atoms with van der Waals surface area (Å²) in [5, 5.41) is 11.8. The van der Waals surface area contributed by atoms with Crippen molar-refractivity contribution in [3.63, 3.8) is 0 Å². The van der Waals surface area contributed by atoms with Gasteiger partial charge in [0.05, 0.1) is 14.2 Å². The summed E-state index contributed by atoms with van der Waals surface area (Å²) in [6.07, 6.45) is -0.805. The summed E-state index contributed by atoms with van der Waals surface area (Å²) in [6.45, 7) is 9.52. The highest BCUT2D eigenvalue weighted by Gasteiger charge is 2.29. The summed E-state index contributed by atoms with van der Waals surface area (Å²) in [7, 11) is 6.02. The van der Waals surface area contributed by atoms with E-state index in [4.69, 9.17) is 14.2 Å². The van der Waals surface area contributed by atoms with Crippen molar-refractivity contribution in [1.82, 2.24) is 5.32 Å². The second-order valence-corrected chi connectivity index (χ2v) is 10.7. The second-order valence-electron chi connectivity index (χ2n) is 7.52. The number of aliphatic carboxylic acids is 1. The molecule has 0 radical (unpaired) electrons. The Labute approximate surface area is 174 Å². The normalized spacial score (nSPS) is 12.8. The molecule has 1 unspecified atom stereocenters.